The highest BCUT2D eigenvalue weighted by Crippen LogP contribution is 2.18. The lowest BCUT2D eigenvalue weighted by molar-refractivity contribution is -0.162. The minimum atomic E-state index is -2.82. The van der Waals surface area contributed by atoms with Crippen LogP contribution in [0.1, 0.15) is 12.8 Å². The van der Waals surface area contributed by atoms with Gasteiger partial charge in [-0.1, -0.05) is 91.0 Å². The van der Waals surface area contributed by atoms with Gasteiger partial charge in [-0.25, -0.2) is 0 Å². The summed E-state index contributed by atoms with van der Waals surface area (Å²) in [6.07, 6.45) is -0.677. The van der Waals surface area contributed by atoms with Crippen LogP contribution in [0.5, 0.6) is 0 Å². The lowest BCUT2D eigenvalue weighted by Crippen LogP contribution is -2.70. The monoisotopic (exact) mass is 404 g/mol. The Bertz CT molecular complexity index is 834. The zero-order valence-corrected chi connectivity index (χ0v) is 17.1. The second kappa shape index (κ2) is 8.74. The molecular formula is C24H24O4Si. The van der Waals surface area contributed by atoms with Gasteiger partial charge < -0.3 is 14.3 Å². The standard InChI is InChI=1S/C24H24O4Si/c25-19-16-20(28-24(26)17-19)18-27-29(21-10-4-1-5-11-21,22-12-6-2-7-13-22)23-14-8-3-9-15-23/h1-15,19-20,25H,16-18H2/t19-,20+/m1/s1. The molecule has 148 valence electrons. The number of aliphatic hydroxyl groups is 1. The van der Waals surface area contributed by atoms with Crippen LogP contribution in [-0.4, -0.2) is 38.2 Å². The number of esters is 1. The van der Waals surface area contributed by atoms with Crippen molar-refractivity contribution in [3.63, 3.8) is 0 Å². The Hall–Kier alpha value is -2.73. The maximum atomic E-state index is 11.8. The molecule has 3 aromatic carbocycles. The first kappa shape index (κ1) is 19.6. The maximum Gasteiger partial charge on any atom is 0.308 e. The third kappa shape index (κ3) is 4.17. The van der Waals surface area contributed by atoms with Crippen LogP contribution in [0.25, 0.3) is 0 Å². The second-order valence-corrected chi connectivity index (χ2v) is 10.7. The van der Waals surface area contributed by atoms with Crippen LogP contribution in [0.4, 0.5) is 0 Å². The smallest absolute Gasteiger partial charge is 0.308 e. The number of ether oxygens (including phenoxy) is 1. The summed E-state index contributed by atoms with van der Waals surface area (Å²) in [4.78, 5) is 11.8. The van der Waals surface area contributed by atoms with Crippen molar-refractivity contribution in [3.8, 4) is 0 Å². The van der Waals surface area contributed by atoms with Crippen LogP contribution < -0.4 is 15.6 Å². The van der Waals surface area contributed by atoms with E-state index in [4.69, 9.17) is 9.16 Å². The largest absolute Gasteiger partial charge is 0.460 e. The van der Waals surface area contributed by atoms with Gasteiger partial charge in [-0.2, -0.15) is 0 Å². The number of benzene rings is 3. The van der Waals surface area contributed by atoms with Crippen molar-refractivity contribution in [1.29, 1.82) is 0 Å². The van der Waals surface area contributed by atoms with Crippen LogP contribution in [0.15, 0.2) is 91.0 Å². The average Bonchev–Trinajstić information content (AvgIpc) is 2.76. The van der Waals surface area contributed by atoms with Crippen LogP contribution in [0.3, 0.4) is 0 Å². The van der Waals surface area contributed by atoms with Crippen LogP contribution in [-0.2, 0) is 14.0 Å². The molecule has 3 aromatic rings. The molecule has 1 aliphatic rings. The van der Waals surface area contributed by atoms with Crippen molar-refractivity contribution in [2.75, 3.05) is 6.61 Å². The van der Waals surface area contributed by atoms with E-state index >= 15 is 0 Å². The minimum Gasteiger partial charge on any atom is -0.460 e. The molecule has 5 heteroatoms. The molecule has 0 aliphatic carbocycles. The fourth-order valence-corrected chi connectivity index (χ4v) is 7.87. The molecule has 0 saturated carbocycles. The minimum absolute atomic E-state index is 0.0507. The average molecular weight is 405 g/mol. The molecule has 0 unspecified atom stereocenters. The van der Waals surface area contributed by atoms with E-state index in [1.54, 1.807) is 0 Å². The molecule has 1 N–H and O–H groups in total. The highest BCUT2D eigenvalue weighted by atomic mass is 28.4. The zero-order valence-electron chi connectivity index (χ0n) is 16.1. The van der Waals surface area contributed by atoms with Gasteiger partial charge in [-0.15, -0.1) is 0 Å². The predicted molar refractivity (Wildman–Crippen MR) is 115 cm³/mol. The third-order valence-corrected chi connectivity index (χ3v) is 9.30. The van der Waals surface area contributed by atoms with E-state index < -0.39 is 20.5 Å². The Morgan fingerprint density at radius 2 is 1.28 bits per heavy atom. The van der Waals surface area contributed by atoms with Crippen molar-refractivity contribution < 1.29 is 19.1 Å². The summed E-state index contributed by atoms with van der Waals surface area (Å²) < 4.78 is 12.2. The third-order valence-electron chi connectivity index (χ3n) is 5.26. The van der Waals surface area contributed by atoms with Gasteiger partial charge in [0.05, 0.1) is 19.1 Å². The molecule has 0 aromatic heterocycles. The predicted octanol–water partition coefficient (Wildman–Crippen LogP) is 1.74. The van der Waals surface area contributed by atoms with Gasteiger partial charge in [0.2, 0.25) is 0 Å². The van der Waals surface area contributed by atoms with Crippen molar-refractivity contribution in [3.05, 3.63) is 91.0 Å². The summed E-state index contributed by atoms with van der Waals surface area (Å²) in [5.74, 6) is -0.372. The molecule has 2 atom stereocenters. The molecule has 1 aliphatic heterocycles. The van der Waals surface area contributed by atoms with Crippen molar-refractivity contribution in [2.45, 2.75) is 25.0 Å². The molecule has 0 radical (unpaired) electrons. The zero-order chi connectivity index (χ0) is 20.1. The normalized spacial score (nSPS) is 19.6. The first-order valence-electron chi connectivity index (χ1n) is 9.86. The number of aliphatic hydroxyl groups excluding tert-OH is 1. The summed E-state index contributed by atoms with van der Waals surface area (Å²) in [5.41, 5.74) is 0. The SMILES string of the molecule is O=C1C[C@H](O)C[C@@H](CO[Si](c2ccccc2)(c2ccccc2)c2ccccc2)O1. The van der Waals surface area contributed by atoms with Gasteiger partial charge in [0.1, 0.15) is 6.10 Å². The van der Waals surface area contributed by atoms with E-state index in [0.29, 0.717) is 6.42 Å². The Morgan fingerprint density at radius 3 is 1.69 bits per heavy atom. The fraction of sp³-hybridized carbons (Fsp3) is 0.208. The van der Waals surface area contributed by atoms with Crippen molar-refractivity contribution in [1.82, 2.24) is 0 Å². The Balaban J connectivity index is 1.78. The molecule has 29 heavy (non-hydrogen) atoms. The van der Waals surface area contributed by atoms with Gasteiger partial charge in [0.15, 0.2) is 0 Å². The quantitative estimate of drug-likeness (QED) is 0.386. The lowest BCUT2D eigenvalue weighted by Gasteiger charge is -2.35. The van der Waals surface area contributed by atoms with E-state index in [9.17, 15) is 9.90 Å². The Labute approximate surface area is 171 Å². The summed E-state index contributed by atoms with van der Waals surface area (Å²) >= 11 is 0. The van der Waals surface area contributed by atoms with Crippen LogP contribution >= 0.6 is 0 Å². The summed E-state index contributed by atoms with van der Waals surface area (Å²) in [6.45, 7) is 0.244. The molecule has 0 bridgehead atoms. The summed E-state index contributed by atoms with van der Waals surface area (Å²) in [7, 11) is -2.82. The molecular weight excluding hydrogens is 380 g/mol. The molecule has 4 rings (SSSR count). The number of hydrogen-bond acceptors (Lipinski definition) is 4. The molecule has 0 spiro atoms. The van der Waals surface area contributed by atoms with Crippen molar-refractivity contribution in [2.24, 2.45) is 0 Å². The molecule has 1 fully saturated rings. The van der Waals surface area contributed by atoms with Crippen LogP contribution in [0, 0.1) is 0 Å². The van der Waals surface area contributed by atoms with E-state index in [1.807, 2.05) is 54.6 Å². The first-order chi connectivity index (χ1) is 14.2. The van der Waals surface area contributed by atoms with E-state index in [0.717, 1.165) is 15.6 Å². The Kier molecular flexibility index (Phi) is 5.90. The van der Waals surface area contributed by atoms with Crippen LogP contribution in [0.2, 0.25) is 0 Å². The highest BCUT2D eigenvalue weighted by molar-refractivity contribution is 7.07. The van der Waals surface area contributed by atoms with Gasteiger partial charge in [0.25, 0.3) is 8.32 Å². The van der Waals surface area contributed by atoms with Crippen molar-refractivity contribution >= 4 is 29.8 Å². The van der Waals surface area contributed by atoms with Gasteiger partial charge in [0, 0.05) is 6.42 Å². The number of carbonyl (C=O) groups excluding carboxylic acids is 1. The topological polar surface area (TPSA) is 55.8 Å². The Morgan fingerprint density at radius 1 is 0.828 bits per heavy atom. The first-order valence-corrected chi connectivity index (χ1v) is 11.8. The summed E-state index contributed by atoms with van der Waals surface area (Å²) in [6, 6.07) is 30.8. The second-order valence-electron chi connectivity index (χ2n) is 7.30. The van der Waals surface area contributed by atoms with E-state index in [-0.39, 0.29) is 19.0 Å². The molecule has 0 amide bonds. The summed E-state index contributed by atoms with van der Waals surface area (Å²) in [5, 5.41) is 13.4. The maximum absolute atomic E-state index is 11.8. The highest BCUT2D eigenvalue weighted by Gasteiger charge is 2.43. The van der Waals surface area contributed by atoms with Gasteiger partial charge >= 0.3 is 5.97 Å². The van der Waals surface area contributed by atoms with Gasteiger partial charge in [-0.3, -0.25) is 4.79 Å². The van der Waals surface area contributed by atoms with Gasteiger partial charge in [-0.05, 0) is 15.6 Å². The van der Waals surface area contributed by atoms with E-state index in [1.165, 1.54) is 0 Å². The number of rotatable bonds is 6. The molecule has 4 nitrogen and oxygen atoms in total. The molecule has 1 saturated heterocycles. The fourth-order valence-electron chi connectivity index (χ4n) is 3.95. The van der Waals surface area contributed by atoms with E-state index in [2.05, 4.69) is 36.4 Å². The molecule has 1 heterocycles. The lowest BCUT2D eigenvalue weighted by atomic mass is 10.1. The number of hydrogen-bond donors (Lipinski definition) is 1. The number of carbonyl (C=O) groups is 1. The number of cyclic esters (lactones) is 1.